The predicted molar refractivity (Wildman–Crippen MR) is 102 cm³/mol. The molecule has 26 heavy (non-hydrogen) atoms. The van der Waals surface area contributed by atoms with Crippen LogP contribution >= 0.6 is 0 Å². The van der Waals surface area contributed by atoms with Gasteiger partial charge in [-0.25, -0.2) is 12.7 Å². The van der Waals surface area contributed by atoms with E-state index in [2.05, 4.69) is 22.3 Å². The molecule has 0 bridgehead atoms. The highest BCUT2D eigenvalue weighted by atomic mass is 32.2. The molecule has 1 atom stereocenters. The number of hydrogen-bond acceptors (Lipinski definition) is 4. The lowest BCUT2D eigenvalue weighted by molar-refractivity contribution is -0.126. The molecule has 0 aromatic heterocycles. The first-order valence-corrected chi connectivity index (χ1v) is 11.3. The number of benzene rings is 1. The molecule has 0 radical (unpaired) electrons. The van der Waals surface area contributed by atoms with Crippen molar-refractivity contribution in [1.29, 1.82) is 0 Å². The fraction of sp³-hybridized carbons (Fsp3) is 0.632. The Morgan fingerprint density at radius 1 is 1.12 bits per heavy atom. The molecule has 2 heterocycles. The zero-order valence-electron chi connectivity index (χ0n) is 15.4. The second kappa shape index (κ2) is 8.50. The number of likely N-dealkylation sites (tertiary alicyclic amines) is 1. The number of piperidine rings is 1. The Morgan fingerprint density at radius 3 is 2.31 bits per heavy atom. The van der Waals surface area contributed by atoms with Crippen LogP contribution in [0.5, 0.6) is 0 Å². The lowest BCUT2D eigenvalue weighted by Gasteiger charge is -2.31. The van der Waals surface area contributed by atoms with Crippen LogP contribution in [0.25, 0.3) is 0 Å². The van der Waals surface area contributed by atoms with Crippen LogP contribution in [0.3, 0.4) is 0 Å². The van der Waals surface area contributed by atoms with Crippen LogP contribution in [0.2, 0.25) is 0 Å². The van der Waals surface area contributed by atoms with Crippen LogP contribution in [0.1, 0.15) is 37.3 Å². The van der Waals surface area contributed by atoms with Crippen molar-refractivity contribution >= 4 is 15.9 Å². The quantitative estimate of drug-likeness (QED) is 0.815. The number of hydrogen-bond donors (Lipinski definition) is 1. The summed E-state index contributed by atoms with van der Waals surface area (Å²) in [7, 11) is -3.15. The smallest absolute Gasteiger partial charge is 0.223 e. The Hall–Kier alpha value is -1.44. The van der Waals surface area contributed by atoms with E-state index in [0.29, 0.717) is 32.5 Å². The first-order chi connectivity index (χ1) is 12.4. The molecule has 0 unspecified atom stereocenters. The average Bonchev–Trinajstić information content (AvgIpc) is 3.16. The average molecular weight is 380 g/mol. The Kier molecular flexibility index (Phi) is 6.32. The highest BCUT2D eigenvalue weighted by Gasteiger charge is 2.30. The van der Waals surface area contributed by atoms with Gasteiger partial charge in [0.05, 0.1) is 12.3 Å². The molecular weight excluding hydrogens is 350 g/mol. The van der Waals surface area contributed by atoms with Crippen LogP contribution in [-0.4, -0.2) is 62.5 Å². The van der Waals surface area contributed by atoms with E-state index >= 15 is 0 Å². The number of carbonyl (C=O) groups excluding carboxylic acids is 1. The SMILES string of the molecule is CS(=O)(=O)N1CCC(C(=O)NC[C@@H](c2ccccc2)N2CCCC2)CC1. The fourth-order valence-corrected chi connectivity index (χ4v) is 4.85. The molecule has 2 fully saturated rings. The molecule has 2 saturated heterocycles. The highest BCUT2D eigenvalue weighted by Crippen LogP contribution is 2.25. The largest absolute Gasteiger partial charge is 0.354 e. The van der Waals surface area contributed by atoms with Gasteiger partial charge in [0, 0.05) is 25.6 Å². The van der Waals surface area contributed by atoms with Crippen LogP contribution in [0, 0.1) is 5.92 Å². The van der Waals surface area contributed by atoms with E-state index in [1.165, 1.54) is 29.0 Å². The molecule has 2 aliphatic heterocycles. The normalized spacial score (nSPS) is 21.6. The third-order valence-electron chi connectivity index (χ3n) is 5.53. The summed E-state index contributed by atoms with van der Waals surface area (Å²) in [5.74, 6) is -0.0405. The van der Waals surface area contributed by atoms with Gasteiger partial charge in [0.15, 0.2) is 0 Å². The van der Waals surface area contributed by atoms with Crippen molar-refractivity contribution in [2.75, 3.05) is 39.0 Å². The third kappa shape index (κ3) is 4.84. The molecule has 0 saturated carbocycles. The van der Waals surface area contributed by atoms with Crippen LogP contribution < -0.4 is 5.32 Å². The predicted octanol–water partition coefficient (Wildman–Crippen LogP) is 1.61. The summed E-state index contributed by atoms with van der Waals surface area (Å²) in [6.07, 6.45) is 4.84. The van der Waals surface area contributed by atoms with E-state index < -0.39 is 10.0 Å². The van der Waals surface area contributed by atoms with Gasteiger partial charge in [0.2, 0.25) is 15.9 Å². The monoisotopic (exact) mass is 379 g/mol. The Morgan fingerprint density at radius 2 is 1.73 bits per heavy atom. The van der Waals surface area contributed by atoms with E-state index in [9.17, 15) is 13.2 Å². The van der Waals surface area contributed by atoms with Crippen LogP contribution in [0.15, 0.2) is 30.3 Å². The second-order valence-corrected chi connectivity index (χ2v) is 9.33. The van der Waals surface area contributed by atoms with Crippen molar-refractivity contribution in [3.05, 3.63) is 35.9 Å². The Balaban J connectivity index is 1.56. The number of rotatable bonds is 6. The van der Waals surface area contributed by atoms with Crippen molar-refractivity contribution in [3.63, 3.8) is 0 Å². The third-order valence-corrected chi connectivity index (χ3v) is 6.83. The standard InChI is InChI=1S/C19H29N3O3S/c1-26(24,25)22-13-9-17(10-14-22)19(23)20-15-18(21-11-5-6-12-21)16-7-3-2-4-8-16/h2-4,7-8,17-18H,5-6,9-15H2,1H3,(H,20,23)/t18-/m0/s1. The molecule has 144 valence electrons. The van der Waals surface area contributed by atoms with E-state index in [1.54, 1.807) is 0 Å². The van der Waals surface area contributed by atoms with Gasteiger partial charge in [-0.2, -0.15) is 0 Å². The molecule has 1 N–H and O–H groups in total. The molecule has 3 rings (SSSR count). The minimum absolute atomic E-state index is 0.0540. The van der Waals surface area contributed by atoms with Gasteiger partial charge < -0.3 is 5.32 Å². The number of nitrogens with one attached hydrogen (secondary N) is 1. The summed E-state index contributed by atoms with van der Waals surface area (Å²) >= 11 is 0. The van der Waals surface area contributed by atoms with Gasteiger partial charge in [-0.1, -0.05) is 30.3 Å². The second-order valence-electron chi connectivity index (χ2n) is 7.35. The van der Waals surface area contributed by atoms with Gasteiger partial charge in [0.25, 0.3) is 0 Å². The molecule has 1 aromatic rings. The number of carbonyl (C=O) groups is 1. The van der Waals surface area contributed by atoms with Crippen molar-refractivity contribution in [3.8, 4) is 0 Å². The summed E-state index contributed by atoms with van der Waals surface area (Å²) < 4.78 is 24.7. The molecule has 6 nitrogen and oxygen atoms in total. The molecule has 7 heteroatoms. The molecule has 0 spiro atoms. The summed E-state index contributed by atoms with van der Waals surface area (Å²) in [6, 6.07) is 10.6. The lowest BCUT2D eigenvalue weighted by atomic mass is 9.97. The van der Waals surface area contributed by atoms with Crippen LogP contribution in [-0.2, 0) is 14.8 Å². The van der Waals surface area contributed by atoms with E-state index in [4.69, 9.17) is 0 Å². The molecule has 1 aromatic carbocycles. The van der Waals surface area contributed by atoms with Gasteiger partial charge in [-0.3, -0.25) is 9.69 Å². The van der Waals surface area contributed by atoms with Gasteiger partial charge in [0.1, 0.15) is 0 Å². The maximum atomic E-state index is 12.6. The van der Waals surface area contributed by atoms with Crippen molar-refractivity contribution < 1.29 is 13.2 Å². The fourth-order valence-electron chi connectivity index (χ4n) is 3.98. The summed E-state index contributed by atoms with van der Waals surface area (Å²) in [6.45, 7) is 3.62. The molecular formula is C19H29N3O3S. The zero-order chi connectivity index (χ0) is 18.6. The van der Waals surface area contributed by atoms with E-state index in [0.717, 1.165) is 13.1 Å². The summed E-state index contributed by atoms with van der Waals surface area (Å²) in [5.41, 5.74) is 1.24. The van der Waals surface area contributed by atoms with Crippen molar-refractivity contribution in [2.24, 2.45) is 5.92 Å². The highest BCUT2D eigenvalue weighted by molar-refractivity contribution is 7.88. The number of amides is 1. The maximum absolute atomic E-state index is 12.6. The first kappa shape index (κ1) is 19.3. The number of sulfonamides is 1. The number of nitrogens with zero attached hydrogens (tertiary/aromatic N) is 2. The first-order valence-electron chi connectivity index (χ1n) is 9.47. The van der Waals surface area contributed by atoms with Gasteiger partial charge >= 0.3 is 0 Å². The van der Waals surface area contributed by atoms with E-state index in [-0.39, 0.29) is 17.9 Å². The Labute approximate surface area is 156 Å². The van der Waals surface area contributed by atoms with Gasteiger partial charge in [-0.05, 0) is 44.3 Å². The Bertz CT molecular complexity index is 694. The van der Waals surface area contributed by atoms with Gasteiger partial charge in [-0.15, -0.1) is 0 Å². The summed E-state index contributed by atoms with van der Waals surface area (Å²) in [4.78, 5) is 15.1. The molecule has 1 amide bonds. The minimum Gasteiger partial charge on any atom is -0.354 e. The van der Waals surface area contributed by atoms with Crippen molar-refractivity contribution in [1.82, 2.24) is 14.5 Å². The molecule has 2 aliphatic rings. The zero-order valence-corrected chi connectivity index (χ0v) is 16.2. The maximum Gasteiger partial charge on any atom is 0.223 e. The minimum atomic E-state index is -3.15. The molecule has 0 aliphatic carbocycles. The topological polar surface area (TPSA) is 69.7 Å². The van der Waals surface area contributed by atoms with Crippen LogP contribution in [0.4, 0.5) is 0 Å². The lowest BCUT2D eigenvalue weighted by Crippen LogP contribution is -2.44. The van der Waals surface area contributed by atoms with Crippen molar-refractivity contribution in [2.45, 2.75) is 31.7 Å². The summed E-state index contributed by atoms with van der Waals surface area (Å²) in [5, 5.41) is 3.13. The van der Waals surface area contributed by atoms with E-state index in [1.807, 2.05) is 18.2 Å².